The Morgan fingerprint density at radius 3 is 2.42 bits per heavy atom. The van der Waals surface area contributed by atoms with Crippen LogP contribution in [-0.2, 0) is 0 Å². The number of hydrogen-bond donors (Lipinski definition) is 0. The topological polar surface area (TPSA) is 12.9 Å². The van der Waals surface area contributed by atoms with Crippen molar-refractivity contribution in [3.63, 3.8) is 0 Å². The third kappa shape index (κ3) is 2.24. The number of rotatable bonds is 2. The van der Waals surface area contributed by atoms with Crippen LogP contribution in [0.5, 0.6) is 0 Å². The second-order valence-corrected chi connectivity index (χ2v) is 5.18. The standard InChI is InChI=1S/C18H17N/c1-13(2)14-6-8-16(9-7-14)17-5-3-4-15-10-11-19-12-18(15)17/h3-13H,1-2H3. The summed E-state index contributed by atoms with van der Waals surface area (Å²) in [6.45, 7) is 4.44. The second-order valence-electron chi connectivity index (χ2n) is 5.18. The van der Waals surface area contributed by atoms with Crippen LogP contribution in [0.3, 0.4) is 0 Å². The molecule has 0 bridgehead atoms. The van der Waals surface area contributed by atoms with E-state index in [1.807, 2.05) is 12.4 Å². The van der Waals surface area contributed by atoms with Gasteiger partial charge in [0.2, 0.25) is 0 Å². The van der Waals surface area contributed by atoms with Gasteiger partial charge in [0.25, 0.3) is 0 Å². The van der Waals surface area contributed by atoms with Gasteiger partial charge in [-0.3, -0.25) is 4.98 Å². The molecule has 19 heavy (non-hydrogen) atoms. The van der Waals surface area contributed by atoms with Gasteiger partial charge in [0, 0.05) is 17.8 Å². The highest BCUT2D eigenvalue weighted by molar-refractivity contribution is 5.95. The highest BCUT2D eigenvalue weighted by Crippen LogP contribution is 2.29. The molecule has 0 spiro atoms. The molecule has 0 unspecified atom stereocenters. The van der Waals surface area contributed by atoms with Crippen molar-refractivity contribution < 1.29 is 0 Å². The largest absolute Gasteiger partial charge is 0.264 e. The van der Waals surface area contributed by atoms with Gasteiger partial charge in [0.05, 0.1) is 0 Å². The van der Waals surface area contributed by atoms with E-state index < -0.39 is 0 Å². The van der Waals surface area contributed by atoms with Crippen molar-refractivity contribution in [2.24, 2.45) is 0 Å². The lowest BCUT2D eigenvalue weighted by Gasteiger charge is -2.09. The molecule has 94 valence electrons. The van der Waals surface area contributed by atoms with Crippen LogP contribution in [0.15, 0.2) is 60.9 Å². The zero-order valence-electron chi connectivity index (χ0n) is 11.3. The SMILES string of the molecule is CC(C)c1ccc(-c2cccc3ccncc23)cc1. The number of benzene rings is 2. The second kappa shape index (κ2) is 4.85. The van der Waals surface area contributed by atoms with Gasteiger partial charge in [-0.1, -0.05) is 56.3 Å². The van der Waals surface area contributed by atoms with Gasteiger partial charge in [0.15, 0.2) is 0 Å². The molecule has 3 aromatic rings. The fraction of sp³-hybridized carbons (Fsp3) is 0.167. The first-order valence-electron chi connectivity index (χ1n) is 6.69. The smallest absolute Gasteiger partial charge is 0.0352 e. The van der Waals surface area contributed by atoms with Crippen molar-refractivity contribution in [2.75, 3.05) is 0 Å². The minimum absolute atomic E-state index is 0.572. The van der Waals surface area contributed by atoms with E-state index in [1.165, 1.54) is 27.5 Å². The quantitative estimate of drug-likeness (QED) is 0.619. The maximum absolute atomic E-state index is 4.24. The van der Waals surface area contributed by atoms with E-state index in [4.69, 9.17) is 0 Å². The zero-order valence-corrected chi connectivity index (χ0v) is 11.3. The first-order chi connectivity index (χ1) is 9.25. The number of pyridine rings is 1. The highest BCUT2D eigenvalue weighted by Gasteiger charge is 2.04. The fourth-order valence-electron chi connectivity index (χ4n) is 2.41. The minimum atomic E-state index is 0.572. The Bertz CT molecular complexity index is 691. The van der Waals surface area contributed by atoms with Gasteiger partial charge < -0.3 is 0 Å². The van der Waals surface area contributed by atoms with Crippen molar-refractivity contribution in [2.45, 2.75) is 19.8 Å². The molecule has 1 nitrogen and oxygen atoms in total. The van der Waals surface area contributed by atoms with E-state index in [9.17, 15) is 0 Å². The summed E-state index contributed by atoms with van der Waals surface area (Å²) >= 11 is 0. The zero-order chi connectivity index (χ0) is 13.2. The molecule has 3 rings (SSSR count). The Hall–Kier alpha value is -2.15. The summed E-state index contributed by atoms with van der Waals surface area (Å²) < 4.78 is 0. The number of hydrogen-bond acceptors (Lipinski definition) is 1. The van der Waals surface area contributed by atoms with Gasteiger partial charge in [0.1, 0.15) is 0 Å². The molecule has 0 aliphatic rings. The van der Waals surface area contributed by atoms with Gasteiger partial charge in [-0.25, -0.2) is 0 Å². The summed E-state index contributed by atoms with van der Waals surface area (Å²) in [5.74, 6) is 0.572. The molecule has 0 aliphatic heterocycles. The Balaban J connectivity index is 2.14. The number of fused-ring (bicyclic) bond motifs is 1. The van der Waals surface area contributed by atoms with Crippen molar-refractivity contribution >= 4 is 10.8 Å². The van der Waals surface area contributed by atoms with Crippen molar-refractivity contribution in [1.29, 1.82) is 0 Å². The van der Waals surface area contributed by atoms with Gasteiger partial charge in [-0.15, -0.1) is 0 Å². The molecule has 2 aromatic carbocycles. The number of nitrogens with zero attached hydrogens (tertiary/aromatic N) is 1. The minimum Gasteiger partial charge on any atom is -0.264 e. The van der Waals surface area contributed by atoms with E-state index in [0.717, 1.165) is 0 Å². The van der Waals surface area contributed by atoms with Crippen molar-refractivity contribution in [3.05, 3.63) is 66.5 Å². The predicted octanol–water partition coefficient (Wildman–Crippen LogP) is 5.03. The van der Waals surface area contributed by atoms with Crippen LogP contribution in [0.25, 0.3) is 21.9 Å². The summed E-state index contributed by atoms with van der Waals surface area (Å²) in [6.07, 6.45) is 3.79. The van der Waals surface area contributed by atoms with E-state index in [1.54, 1.807) is 0 Å². The normalized spacial score (nSPS) is 11.1. The molecule has 0 fully saturated rings. The average molecular weight is 247 g/mol. The summed E-state index contributed by atoms with van der Waals surface area (Å²) in [7, 11) is 0. The van der Waals surface area contributed by atoms with E-state index in [0.29, 0.717) is 5.92 Å². The molecular weight excluding hydrogens is 230 g/mol. The van der Waals surface area contributed by atoms with Crippen LogP contribution in [0.4, 0.5) is 0 Å². The molecule has 0 saturated carbocycles. The molecule has 0 radical (unpaired) electrons. The van der Waals surface area contributed by atoms with Crippen LogP contribution in [0, 0.1) is 0 Å². The molecular formula is C18H17N. The molecule has 0 N–H and O–H groups in total. The molecule has 1 heteroatoms. The number of aromatic nitrogens is 1. The Morgan fingerprint density at radius 1 is 0.895 bits per heavy atom. The molecule has 0 aliphatic carbocycles. The van der Waals surface area contributed by atoms with E-state index in [2.05, 4.69) is 67.4 Å². The van der Waals surface area contributed by atoms with Gasteiger partial charge in [-0.2, -0.15) is 0 Å². The van der Waals surface area contributed by atoms with E-state index >= 15 is 0 Å². The summed E-state index contributed by atoms with van der Waals surface area (Å²) in [4.78, 5) is 4.24. The molecule has 0 atom stereocenters. The summed E-state index contributed by atoms with van der Waals surface area (Å²) in [5, 5.41) is 2.45. The van der Waals surface area contributed by atoms with Crippen LogP contribution in [-0.4, -0.2) is 4.98 Å². The molecule has 0 amide bonds. The summed E-state index contributed by atoms with van der Waals surface area (Å²) in [6, 6.07) is 17.3. The average Bonchev–Trinajstić information content (AvgIpc) is 2.47. The van der Waals surface area contributed by atoms with E-state index in [-0.39, 0.29) is 0 Å². The third-order valence-corrected chi connectivity index (χ3v) is 3.57. The first-order valence-corrected chi connectivity index (χ1v) is 6.69. The lowest BCUT2D eigenvalue weighted by molar-refractivity contribution is 0.867. The lowest BCUT2D eigenvalue weighted by Crippen LogP contribution is -1.87. The Kier molecular flexibility index (Phi) is 3.04. The Morgan fingerprint density at radius 2 is 1.68 bits per heavy atom. The van der Waals surface area contributed by atoms with Crippen LogP contribution in [0.2, 0.25) is 0 Å². The molecule has 1 heterocycles. The van der Waals surface area contributed by atoms with Crippen LogP contribution < -0.4 is 0 Å². The van der Waals surface area contributed by atoms with Gasteiger partial charge >= 0.3 is 0 Å². The maximum Gasteiger partial charge on any atom is 0.0352 e. The highest BCUT2D eigenvalue weighted by atomic mass is 14.6. The third-order valence-electron chi connectivity index (χ3n) is 3.57. The maximum atomic E-state index is 4.24. The van der Waals surface area contributed by atoms with Crippen molar-refractivity contribution in [3.8, 4) is 11.1 Å². The molecule has 0 saturated heterocycles. The molecule has 1 aromatic heterocycles. The lowest BCUT2D eigenvalue weighted by atomic mass is 9.96. The van der Waals surface area contributed by atoms with Crippen LogP contribution >= 0.6 is 0 Å². The van der Waals surface area contributed by atoms with Crippen molar-refractivity contribution in [1.82, 2.24) is 4.98 Å². The predicted molar refractivity (Wildman–Crippen MR) is 81.3 cm³/mol. The van der Waals surface area contributed by atoms with Gasteiger partial charge in [-0.05, 0) is 34.1 Å². The fourth-order valence-corrected chi connectivity index (χ4v) is 2.41. The monoisotopic (exact) mass is 247 g/mol. The van der Waals surface area contributed by atoms with Crippen LogP contribution in [0.1, 0.15) is 25.3 Å². The first kappa shape index (κ1) is 11.9. The Labute approximate surface area is 113 Å². The summed E-state index contributed by atoms with van der Waals surface area (Å²) in [5.41, 5.74) is 3.88.